The minimum absolute atomic E-state index is 0.463. The molecule has 0 aromatic rings. The van der Waals surface area contributed by atoms with E-state index in [1.54, 1.807) is 0 Å². The van der Waals surface area contributed by atoms with Gasteiger partial charge in [-0.15, -0.1) is 0 Å². The van der Waals surface area contributed by atoms with E-state index in [2.05, 4.69) is 18.0 Å². The normalized spacial score (nSPS) is 20.7. The maximum Gasteiger partial charge on any atom is 0.206 e. The van der Waals surface area contributed by atoms with Crippen LogP contribution in [-0.4, -0.2) is 33.8 Å². The first-order chi connectivity index (χ1) is 4.79. The highest BCUT2D eigenvalue weighted by Gasteiger charge is 2.11. The van der Waals surface area contributed by atoms with Crippen LogP contribution in [0, 0.1) is 0 Å². The molecule has 0 aromatic heterocycles. The average molecular weight is 158 g/mol. The van der Waals surface area contributed by atoms with Crippen molar-refractivity contribution in [3.05, 3.63) is 0 Å². The lowest BCUT2D eigenvalue weighted by Gasteiger charge is -2.15. The lowest BCUT2D eigenvalue weighted by atomic mass is 10.4. The molecule has 0 N–H and O–H groups in total. The van der Waals surface area contributed by atoms with Crippen LogP contribution in [0.2, 0.25) is 13.1 Å². The summed E-state index contributed by atoms with van der Waals surface area (Å²) in [6, 6.07) is 0. The summed E-state index contributed by atoms with van der Waals surface area (Å²) in [5.41, 5.74) is 0. The standard InChI is InChI=1S/C7H16NOSi/c1-10(2)9-7-8-5-3-4-6-8/h3-7H2,1-2H3. The molecule has 0 aliphatic carbocycles. The first kappa shape index (κ1) is 8.24. The number of rotatable bonds is 3. The third-order valence-electron chi connectivity index (χ3n) is 1.73. The van der Waals surface area contributed by atoms with Crippen LogP contribution in [0.15, 0.2) is 0 Å². The van der Waals surface area contributed by atoms with Gasteiger partial charge in [0.1, 0.15) is 0 Å². The van der Waals surface area contributed by atoms with E-state index in [0.717, 1.165) is 6.73 Å². The second-order valence-electron chi connectivity index (χ2n) is 3.01. The molecule has 0 amide bonds. The van der Waals surface area contributed by atoms with Crippen molar-refractivity contribution in [1.29, 1.82) is 0 Å². The highest BCUT2D eigenvalue weighted by molar-refractivity contribution is 6.48. The smallest absolute Gasteiger partial charge is 0.206 e. The summed E-state index contributed by atoms with van der Waals surface area (Å²) >= 11 is 0. The second-order valence-corrected chi connectivity index (χ2v) is 5.11. The molecule has 3 heteroatoms. The fourth-order valence-corrected chi connectivity index (χ4v) is 1.57. The van der Waals surface area contributed by atoms with Crippen LogP contribution in [0.3, 0.4) is 0 Å². The molecule has 0 saturated carbocycles. The lowest BCUT2D eigenvalue weighted by Crippen LogP contribution is -2.25. The van der Waals surface area contributed by atoms with E-state index >= 15 is 0 Å². The highest BCUT2D eigenvalue weighted by Crippen LogP contribution is 2.06. The molecule has 0 bridgehead atoms. The zero-order valence-electron chi connectivity index (χ0n) is 6.89. The largest absolute Gasteiger partial charge is 0.404 e. The van der Waals surface area contributed by atoms with E-state index in [1.165, 1.54) is 25.9 Å². The lowest BCUT2D eigenvalue weighted by molar-refractivity contribution is 0.153. The Kier molecular flexibility index (Phi) is 3.38. The summed E-state index contributed by atoms with van der Waals surface area (Å²) in [5.74, 6) is 0. The van der Waals surface area contributed by atoms with Gasteiger partial charge in [-0.25, -0.2) is 0 Å². The summed E-state index contributed by atoms with van der Waals surface area (Å²) < 4.78 is 5.55. The molecule has 0 spiro atoms. The molecule has 1 fully saturated rings. The van der Waals surface area contributed by atoms with Gasteiger partial charge in [-0.2, -0.15) is 0 Å². The van der Waals surface area contributed by atoms with Crippen molar-refractivity contribution in [2.24, 2.45) is 0 Å². The van der Waals surface area contributed by atoms with E-state index in [9.17, 15) is 0 Å². The van der Waals surface area contributed by atoms with E-state index in [4.69, 9.17) is 4.43 Å². The van der Waals surface area contributed by atoms with Crippen LogP contribution in [0.4, 0.5) is 0 Å². The van der Waals surface area contributed by atoms with Gasteiger partial charge < -0.3 is 4.43 Å². The Morgan fingerprint density at radius 1 is 1.30 bits per heavy atom. The Morgan fingerprint density at radius 3 is 2.40 bits per heavy atom. The van der Waals surface area contributed by atoms with E-state index in [1.807, 2.05) is 0 Å². The van der Waals surface area contributed by atoms with Crippen LogP contribution >= 0.6 is 0 Å². The average Bonchev–Trinajstić information content (AvgIpc) is 2.34. The molecule has 10 heavy (non-hydrogen) atoms. The Hall–Kier alpha value is 0.137. The van der Waals surface area contributed by atoms with Crippen molar-refractivity contribution in [2.75, 3.05) is 19.8 Å². The van der Waals surface area contributed by atoms with Gasteiger partial charge in [0, 0.05) is 13.1 Å². The monoisotopic (exact) mass is 158 g/mol. The van der Waals surface area contributed by atoms with E-state index in [-0.39, 0.29) is 0 Å². The molecule has 1 aliphatic heterocycles. The minimum Gasteiger partial charge on any atom is -0.404 e. The van der Waals surface area contributed by atoms with E-state index < -0.39 is 9.04 Å². The van der Waals surface area contributed by atoms with Gasteiger partial charge in [-0.3, -0.25) is 4.90 Å². The molecular weight excluding hydrogens is 142 g/mol. The molecule has 1 aliphatic rings. The van der Waals surface area contributed by atoms with Crippen molar-refractivity contribution in [1.82, 2.24) is 4.90 Å². The summed E-state index contributed by atoms with van der Waals surface area (Å²) in [6.07, 6.45) is 2.72. The van der Waals surface area contributed by atoms with Gasteiger partial charge in [0.15, 0.2) is 0 Å². The molecular formula is C7H16NOSi. The SMILES string of the molecule is C[Si](C)OCN1CCCC1. The predicted octanol–water partition coefficient (Wildman–Crippen LogP) is 1.31. The summed E-state index contributed by atoms with van der Waals surface area (Å²) in [5, 5.41) is 0. The maximum absolute atomic E-state index is 5.55. The number of nitrogens with zero attached hydrogens (tertiary/aromatic N) is 1. The topological polar surface area (TPSA) is 12.5 Å². The van der Waals surface area contributed by atoms with Gasteiger partial charge in [-0.1, -0.05) is 0 Å². The summed E-state index contributed by atoms with van der Waals surface area (Å²) in [6.45, 7) is 7.73. The van der Waals surface area contributed by atoms with E-state index in [0.29, 0.717) is 0 Å². The zero-order valence-corrected chi connectivity index (χ0v) is 7.89. The molecule has 2 nitrogen and oxygen atoms in total. The number of likely N-dealkylation sites (tertiary alicyclic amines) is 1. The van der Waals surface area contributed by atoms with Gasteiger partial charge in [0.2, 0.25) is 9.04 Å². The minimum atomic E-state index is -0.463. The van der Waals surface area contributed by atoms with Crippen LogP contribution < -0.4 is 0 Å². The van der Waals surface area contributed by atoms with Crippen molar-refractivity contribution < 1.29 is 4.43 Å². The third-order valence-corrected chi connectivity index (χ3v) is 2.44. The van der Waals surface area contributed by atoms with Crippen LogP contribution in [-0.2, 0) is 4.43 Å². The van der Waals surface area contributed by atoms with Gasteiger partial charge in [0.05, 0.1) is 6.73 Å². The molecule has 0 atom stereocenters. The Morgan fingerprint density at radius 2 is 1.90 bits per heavy atom. The Labute approximate surface area is 64.9 Å². The second kappa shape index (κ2) is 4.11. The maximum atomic E-state index is 5.55. The molecule has 0 unspecified atom stereocenters. The molecule has 1 rings (SSSR count). The van der Waals surface area contributed by atoms with Crippen molar-refractivity contribution in [2.45, 2.75) is 25.9 Å². The summed E-state index contributed by atoms with van der Waals surface area (Å²) in [4.78, 5) is 2.39. The first-order valence-electron chi connectivity index (χ1n) is 3.94. The molecule has 59 valence electrons. The van der Waals surface area contributed by atoms with Crippen molar-refractivity contribution in [3.63, 3.8) is 0 Å². The van der Waals surface area contributed by atoms with Crippen LogP contribution in [0.1, 0.15) is 12.8 Å². The fraction of sp³-hybridized carbons (Fsp3) is 1.00. The molecule has 0 aromatic carbocycles. The van der Waals surface area contributed by atoms with Crippen molar-refractivity contribution in [3.8, 4) is 0 Å². The quantitative estimate of drug-likeness (QED) is 0.574. The van der Waals surface area contributed by atoms with Crippen LogP contribution in [0.5, 0.6) is 0 Å². The molecule has 1 heterocycles. The molecule has 1 saturated heterocycles. The number of hydrogen-bond donors (Lipinski definition) is 0. The van der Waals surface area contributed by atoms with Gasteiger partial charge in [-0.05, 0) is 25.9 Å². The zero-order chi connectivity index (χ0) is 7.40. The molecule has 1 radical (unpaired) electrons. The predicted molar refractivity (Wildman–Crippen MR) is 44.2 cm³/mol. The first-order valence-corrected chi connectivity index (χ1v) is 6.35. The Bertz CT molecular complexity index is 91.6. The Balaban J connectivity index is 2.01. The number of hydrogen-bond acceptors (Lipinski definition) is 2. The van der Waals surface area contributed by atoms with Gasteiger partial charge >= 0.3 is 0 Å². The highest BCUT2D eigenvalue weighted by atomic mass is 28.3. The van der Waals surface area contributed by atoms with Crippen molar-refractivity contribution >= 4 is 9.04 Å². The summed E-state index contributed by atoms with van der Waals surface area (Å²) in [7, 11) is -0.463. The van der Waals surface area contributed by atoms with Crippen LogP contribution in [0.25, 0.3) is 0 Å². The fourth-order valence-electron chi connectivity index (χ4n) is 1.13. The van der Waals surface area contributed by atoms with Gasteiger partial charge in [0.25, 0.3) is 0 Å². The third kappa shape index (κ3) is 2.81.